The number of esters is 1. The maximum Gasteiger partial charge on any atom is 0.348 e. The second kappa shape index (κ2) is 3.68. The minimum atomic E-state index is -0.271. The van der Waals surface area contributed by atoms with Gasteiger partial charge < -0.3 is 10.5 Å². The SMILES string of the molecule is COC(=O)c1cc2sc(CN)cc2s1. The number of nitrogens with two attached hydrogens (primary N) is 1. The number of fused-ring (bicyclic) bond motifs is 1. The highest BCUT2D eigenvalue weighted by Gasteiger charge is 2.12. The van der Waals surface area contributed by atoms with E-state index in [9.17, 15) is 4.79 Å². The van der Waals surface area contributed by atoms with Crippen LogP contribution in [0, 0.1) is 0 Å². The number of methoxy groups -OCH3 is 1. The van der Waals surface area contributed by atoms with E-state index in [2.05, 4.69) is 4.74 Å². The van der Waals surface area contributed by atoms with Crippen molar-refractivity contribution >= 4 is 38.0 Å². The molecule has 2 N–H and O–H groups in total. The second-order valence-electron chi connectivity index (χ2n) is 2.75. The van der Waals surface area contributed by atoms with Crippen molar-refractivity contribution in [3.8, 4) is 0 Å². The Labute approximate surface area is 89.1 Å². The Hall–Kier alpha value is -0.910. The molecule has 0 spiro atoms. The first-order chi connectivity index (χ1) is 6.74. The molecule has 0 bridgehead atoms. The Morgan fingerprint density at radius 2 is 2.14 bits per heavy atom. The van der Waals surface area contributed by atoms with Gasteiger partial charge in [-0.3, -0.25) is 0 Å². The summed E-state index contributed by atoms with van der Waals surface area (Å²) in [5.74, 6) is -0.271. The number of carbonyl (C=O) groups is 1. The molecule has 0 aromatic carbocycles. The van der Waals surface area contributed by atoms with E-state index in [0.29, 0.717) is 11.4 Å². The topological polar surface area (TPSA) is 52.3 Å². The highest BCUT2D eigenvalue weighted by atomic mass is 32.1. The summed E-state index contributed by atoms with van der Waals surface area (Å²) >= 11 is 3.07. The third kappa shape index (κ3) is 1.54. The van der Waals surface area contributed by atoms with Gasteiger partial charge in [0.15, 0.2) is 0 Å². The second-order valence-corrected chi connectivity index (χ2v) is 5.00. The Morgan fingerprint density at radius 1 is 1.43 bits per heavy atom. The lowest BCUT2D eigenvalue weighted by Gasteiger charge is -1.91. The molecule has 0 unspecified atom stereocenters. The molecule has 0 atom stereocenters. The van der Waals surface area contributed by atoms with Gasteiger partial charge in [0.1, 0.15) is 4.88 Å². The van der Waals surface area contributed by atoms with E-state index in [1.54, 1.807) is 11.3 Å². The van der Waals surface area contributed by atoms with Crippen LogP contribution in [0.4, 0.5) is 0 Å². The van der Waals surface area contributed by atoms with E-state index in [-0.39, 0.29) is 5.97 Å². The maximum atomic E-state index is 11.2. The van der Waals surface area contributed by atoms with Crippen molar-refractivity contribution in [1.82, 2.24) is 0 Å². The Bertz CT molecular complexity index is 441. The largest absolute Gasteiger partial charge is 0.465 e. The number of thiophene rings is 2. The summed E-state index contributed by atoms with van der Waals surface area (Å²) in [6, 6.07) is 3.88. The van der Waals surface area contributed by atoms with Crippen LogP contribution in [0.25, 0.3) is 9.40 Å². The first-order valence-corrected chi connectivity index (χ1v) is 5.68. The molecule has 2 aromatic heterocycles. The average Bonchev–Trinajstić information content (AvgIpc) is 2.72. The molecule has 0 aliphatic carbocycles. The first-order valence-electron chi connectivity index (χ1n) is 4.05. The van der Waals surface area contributed by atoms with Gasteiger partial charge in [0.25, 0.3) is 0 Å². The van der Waals surface area contributed by atoms with Crippen LogP contribution in [0.1, 0.15) is 14.5 Å². The molecule has 0 radical (unpaired) electrons. The smallest absolute Gasteiger partial charge is 0.348 e. The standard InChI is InChI=1S/C9H9NO2S2/c1-12-9(11)8-3-7-6(14-8)2-5(4-10)13-7/h2-3H,4,10H2,1H3. The fourth-order valence-electron chi connectivity index (χ4n) is 1.19. The van der Waals surface area contributed by atoms with Gasteiger partial charge in [-0.25, -0.2) is 4.79 Å². The van der Waals surface area contributed by atoms with Crippen molar-refractivity contribution in [3.05, 3.63) is 21.9 Å². The van der Waals surface area contributed by atoms with Crippen LogP contribution in [0.3, 0.4) is 0 Å². The highest BCUT2D eigenvalue weighted by molar-refractivity contribution is 7.28. The van der Waals surface area contributed by atoms with Gasteiger partial charge in [0.2, 0.25) is 0 Å². The summed E-state index contributed by atoms with van der Waals surface area (Å²) in [6.45, 7) is 0.555. The van der Waals surface area contributed by atoms with Gasteiger partial charge >= 0.3 is 5.97 Å². The van der Waals surface area contributed by atoms with Crippen LogP contribution in [-0.4, -0.2) is 13.1 Å². The van der Waals surface area contributed by atoms with E-state index in [4.69, 9.17) is 5.73 Å². The molecule has 0 saturated heterocycles. The van der Waals surface area contributed by atoms with Crippen LogP contribution >= 0.6 is 22.7 Å². The number of rotatable bonds is 2. The Balaban J connectivity index is 2.44. The van der Waals surface area contributed by atoms with Crippen molar-refractivity contribution < 1.29 is 9.53 Å². The van der Waals surface area contributed by atoms with Crippen LogP contribution in [0.15, 0.2) is 12.1 Å². The van der Waals surface area contributed by atoms with Gasteiger partial charge in [-0.2, -0.15) is 0 Å². The number of ether oxygens (including phenoxy) is 1. The maximum absolute atomic E-state index is 11.2. The molecule has 5 heteroatoms. The van der Waals surface area contributed by atoms with E-state index in [1.807, 2.05) is 12.1 Å². The van der Waals surface area contributed by atoms with Crippen LogP contribution in [0.2, 0.25) is 0 Å². The molecule has 2 heterocycles. The lowest BCUT2D eigenvalue weighted by molar-refractivity contribution is 0.0606. The fourth-order valence-corrected chi connectivity index (χ4v) is 3.41. The van der Waals surface area contributed by atoms with E-state index >= 15 is 0 Å². The van der Waals surface area contributed by atoms with Crippen molar-refractivity contribution in [1.29, 1.82) is 0 Å². The molecule has 74 valence electrons. The van der Waals surface area contributed by atoms with Gasteiger partial charge in [0, 0.05) is 20.8 Å². The minimum absolute atomic E-state index is 0.271. The summed E-state index contributed by atoms with van der Waals surface area (Å²) in [6.07, 6.45) is 0. The zero-order valence-electron chi connectivity index (χ0n) is 7.57. The zero-order chi connectivity index (χ0) is 10.1. The third-order valence-electron chi connectivity index (χ3n) is 1.85. The predicted octanol–water partition coefficient (Wildman–Crippen LogP) is 2.21. The quantitative estimate of drug-likeness (QED) is 0.800. The Kier molecular flexibility index (Phi) is 2.54. The third-order valence-corrected chi connectivity index (χ3v) is 4.14. The molecule has 0 saturated carbocycles. The number of carbonyl (C=O) groups excluding carboxylic acids is 1. The monoisotopic (exact) mass is 227 g/mol. The molecule has 3 nitrogen and oxygen atoms in total. The summed E-state index contributed by atoms with van der Waals surface area (Å²) in [7, 11) is 1.39. The van der Waals surface area contributed by atoms with Crippen LogP contribution < -0.4 is 5.73 Å². The molecule has 0 amide bonds. The van der Waals surface area contributed by atoms with Gasteiger partial charge in [-0.1, -0.05) is 0 Å². The lowest BCUT2D eigenvalue weighted by Crippen LogP contribution is -1.96. The molecule has 14 heavy (non-hydrogen) atoms. The number of hydrogen-bond acceptors (Lipinski definition) is 5. The van der Waals surface area contributed by atoms with Gasteiger partial charge in [0.05, 0.1) is 7.11 Å². The predicted molar refractivity (Wildman–Crippen MR) is 58.9 cm³/mol. The minimum Gasteiger partial charge on any atom is -0.465 e. The van der Waals surface area contributed by atoms with Crippen molar-refractivity contribution in [2.24, 2.45) is 5.73 Å². The zero-order valence-corrected chi connectivity index (χ0v) is 9.21. The summed E-state index contributed by atoms with van der Waals surface area (Å²) in [5, 5.41) is 0. The molecular formula is C9H9NO2S2. The normalized spacial score (nSPS) is 10.7. The first kappa shape index (κ1) is 9.64. The average molecular weight is 227 g/mol. The molecule has 0 fully saturated rings. The highest BCUT2D eigenvalue weighted by Crippen LogP contribution is 2.33. The molecule has 0 aliphatic rings. The van der Waals surface area contributed by atoms with Crippen LogP contribution in [-0.2, 0) is 11.3 Å². The molecule has 0 aliphatic heterocycles. The van der Waals surface area contributed by atoms with E-state index in [1.165, 1.54) is 18.4 Å². The van der Waals surface area contributed by atoms with E-state index < -0.39 is 0 Å². The summed E-state index contributed by atoms with van der Waals surface area (Å²) < 4.78 is 6.86. The van der Waals surface area contributed by atoms with Crippen molar-refractivity contribution in [2.75, 3.05) is 7.11 Å². The lowest BCUT2D eigenvalue weighted by atomic mass is 10.4. The number of hydrogen-bond donors (Lipinski definition) is 1. The van der Waals surface area contributed by atoms with Crippen LogP contribution in [0.5, 0.6) is 0 Å². The molecular weight excluding hydrogens is 218 g/mol. The van der Waals surface area contributed by atoms with Gasteiger partial charge in [-0.15, -0.1) is 22.7 Å². The summed E-state index contributed by atoms with van der Waals surface area (Å²) in [4.78, 5) is 13.0. The van der Waals surface area contributed by atoms with Gasteiger partial charge in [-0.05, 0) is 12.1 Å². The van der Waals surface area contributed by atoms with E-state index in [0.717, 1.165) is 14.3 Å². The van der Waals surface area contributed by atoms with Crippen molar-refractivity contribution in [2.45, 2.75) is 6.54 Å². The van der Waals surface area contributed by atoms with Crippen molar-refractivity contribution in [3.63, 3.8) is 0 Å². The molecule has 2 rings (SSSR count). The molecule has 2 aromatic rings. The summed E-state index contributed by atoms with van der Waals surface area (Å²) in [5.41, 5.74) is 5.52. The Morgan fingerprint density at radius 3 is 2.71 bits per heavy atom. The fraction of sp³-hybridized carbons (Fsp3) is 0.222.